The molecule has 0 bridgehead atoms. The van der Waals surface area contributed by atoms with Gasteiger partial charge < -0.3 is 8.98 Å². The van der Waals surface area contributed by atoms with E-state index in [4.69, 9.17) is 19.4 Å². The maximum absolute atomic E-state index is 6.69. The van der Waals surface area contributed by atoms with Gasteiger partial charge in [-0.15, -0.1) is 0 Å². The fourth-order valence-electron chi connectivity index (χ4n) is 9.74. The van der Waals surface area contributed by atoms with Crippen molar-refractivity contribution in [1.29, 1.82) is 0 Å². The van der Waals surface area contributed by atoms with E-state index in [1.165, 1.54) is 22.1 Å². The van der Waals surface area contributed by atoms with E-state index in [-0.39, 0.29) is 0 Å². The van der Waals surface area contributed by atoms with Gasteiger partial charge in [-0.2, -0.15) is 0 Å². The Hall–Kier alpha value is -9.19. The average Bonchev–Trinajstić information content (AvgIpc) is 3.97. The van der Waals surface area contributed by atoms with Crippen LogP contribution in [-0.2, 0) is 0 Å². The van der Waals surface area contributed by atoms with Crippen LogP contribution in [0.5, 0.6) is 0 Å². The number of nitrogens with zero attached hydrogens (tertiary/aromatic N) is 4. The molecule has 318 valence electrons. The number of hydrogen-bond acceptors (Lipinski definition) is 4. The first-order valence-corrected chi connectivity index (χ1v) is 22.9. The van der Waals surface area contributed by atoms with Gasteiger partial charge >= 0.3 is 0 Å². The van der Waals surface area contributed by atoms with Crippen molar-refractivity contribution in [2.45, 2.75) is 0 Å². The second kappa shape index (κ2) is 16.4. The van der Waals surface area contributed by atoms with Crippen LogP contribution in [0.4, 0.5) is 0 Å². The number of aromatic nitrogens is 4. The molecule has 0 fully saturated rings. The highest BCUT2D eigenvalue weighted by molar-refractivity contribution is 6.24. The lowest BCUT2D eigenvalue weighted by Crippen LogP contribution is -2.00. The monoisotopic (exact) mass is 868 g/mol. The van der Waals surface area contributed by atoms with Crippen molar-refractivity contribution < 1.29 is 4.42 Å². The zero-order valence-electron chi connectivity index (χ0n) is 36.8. The predicted octanol–water partition coefficient (Wildman–Crippen LogP) is 16.5. The van der Waals surface area contributed by atoms with Gasteiger partial charge in [-0.25, -0.2) is 15.0 Å². The van der Waals surface area contributed by atoms with Gasteiger partial charge in [0.1, 0.15) is 11.2 Å². The molecule has 13 rings (SSSR count). The van der Waals surface area contributed by atoms with Crippen LogP contribution in [0.2, 0.25) is 0 Å². The van der Waals surface area contributed by atoms with Crippen molar-refractivity contribution in [2.75, 3.05) is 0 Å². The summed E-state index contributed by atoms with van der Waals surface area (Å²) in [5, 5.41) is 4.36. The summed E-state index contributed by atoms with van der Waals surface area (Å²) in [6, 6.07) is 85.2. The molecule has 5 nitrogen and oxygen atoms in total. The van der Waals surface area contributed by atoms with E-state index in [1.807, 2.05) is 12.1 Å². The number of para-hydroxylation sites is 1. The summed E-state index contributed by atoms with van der Waals surface area (Å²) in [6.45, 7) is 0. The van der Waals surface area contributed by atoms with Crippen molar-refractivity contribution in [2.24, 2.45) is 0 Å². The smallest absolute Gasteiger partial charge is 0.164 e. The maximum Gasteiger partial charge on any atom is 0.164 e. The minimum atomic E-state index is 0.580. The minimum Gasteiger partial charge on any atom is -0.456 e. The number of hydrogen-bond donors (Lipinski definition) is 0. The van der Waals surface area contributed by atoms with E-state index in [1.54, 1.807) is 0 Å². The summed E-state index contributed by atoms with van der Waals surface area (Å²) >= 11 is 0. The van der Waals surface area contributed by atoms with E-state index in [0.29, 0.717) is 17.5 Å². The fourth-order valence-corrected chi connectivity index (χ4v) is 9.74. The van der Waals surface area contributed by atoms with Crippen LogP contribution in [0.25, 0.3) is 128 Å². The van der Waals surface area contributed by atoms with Crippen LogP contribution in [0.1, 0.15) is 0 Å². The van der Waals surface area contributed by atoms with Gasteiger partial charge in [0.15, 0.2) is 17.5 Å². The summed E-state index contributed by atoms with van der Waals surface area (Å²) in [4.78, 5) is 15.7. The van der Waals surface area contributed by atoms with E-state index in [9.17, 15) is 0 Å². The standard InChI is InChI=1S/C63H40N4O/c1-4-15-41(16-5-1)45-21-12-22-46(37-45)44-29-32-52(33-30-44)67-56-28-11-10-27-53(56)54-34-36-58-59(60(54)67)55-40-51(31-35-57(55)68-58)63-65-61(49-25-13-23-47(38-49)42-17-6-2-7-18-42)64-62(66-63)50-26-14-24-48(39-50)43-19-8-3-9-20-43/h1-40H. The minimum absolute atomic E-state index is 0.580. The Morgan fingerprint density at radius 3 is 1.24 bits per heavy atom. The summed E-state index contributed by atoms with van der Waals surface area (Å²) < 4.78 is 9.08. The molecule has 0 atom stereocenters. The van der Waals surface area contributed by atoms with Gasteiger partial charge in [-0.1, -0.05) is 176 Å². The third-order valence-corrected chi connectivity index (χ3v) is 13.0. The van der Waals surface area contributed by atoms with E-state index in [2.05, 4.69) is 235 Å². The number of rotatable bonds is 8. The highest BCUT2D eigenvalue weighted by Gasteiger charge is 2.21. The van der Waals surface area contributed by atoms with Gasteiger partial charge in [-0.05, 0) is 111 Å². The van der Waals surface area contributed by atoms with Crippen LogP contribution >= 0.6 is 0 Å². The average molecular weight is 869 g/mol. The second-order valence-corrected chi connectivity index (χ2v) is 17.2. The van der Waals surface area contributed by atoms with Crippen molar-refractivity contribution in [3.8, 4) is 84.4 Å². The highest BCUT2D eigenvalue weighted by atomic mass is 16.3. The Balaban J connectivity index is 0.977. The van der Waals surface area contributed by atoms with E-state index in [0.717, 1.165) is 88.6 Å². The summed E-state index contributed by atoms with van der Waals surface area (Å²) in [5.74, 6) is 1.78. The Morgan fingerprint density at radius 1 is 0.279 bits per heavy atom. The van der Waals surface area contributed by atoms with Crippen LogP contribution in [0.15, 0.2) is 247 Å². The Kier molecular flexibility index (Phi) is 9.43. The molecule has 3 heterocycles. The normalized spacial score (nSPS) is 11.5. The SMILES string of the molecule is c1ccc(-c2cccc(-c3ccc(-n4c5ccccc5c5ccc6oc7ccc(-c8nc(-c9cccc(-c%10ccccc%10)c9)nc(-c9cccc(-c%10ccccc%10)c9)n8)cc7c6c54)cc3)c2)cc1. The molecule has 10 aromatic carbocycles. The van der Waals surface area contributed by atoms with Crippen molar-refractivity contribution >= 4 is 43.7 Å². The molecule has 0 saturated heterocycles. The summed E-state index contributed by atoms with van der Waals surface area (Å²) in [6.07, 6.45) is 0. The zero-order chi connectivity index (χ0) is 45.0. The molecular weight excluding hydrogens is 829 g/mol. The lowest BCUT2D eigenvalue weighted by Gasteiger charge is -2.11. The topological polar surface area (TPSA) is 56.7 Å². The third-order valence-electron chi connectivity index (χ3n) is 13.0. The molecule has 13 aromatic rings. The lowest BCUT2D eigenvalue weighted by atomic mass is 9.99. The third kappa shape index (κ3) is 6.93. The maximum atomic E-state index is 6.69. The summed E-state index contributed by atoms with van der Waals surface area (Å²) in [7, 11) is 0. The predicted molar refractivity (Wildman–Crippen MR) is 279 cm³/mol. The Bertz CT molecular complexity index is 3900. The van der Waals surface area contributed by atoms with Crippen LogP contribution in [-0.4, -0.2) is 19.5 Å². The molecule has 0 amide bonds. The molecule has 0 aliphatic rings. The van der Waals surface area contributed by atoms with E-state index >= 15 is 0 Å². The molecule has 0 aliphatic heterocycles. The molecule has 0 unspecified atom stereocenters. The highest BCUT2D eigenvalue weighted by Crippen LogP contribution is 2.42. The first-order valence-electron chi connectivity index (χ1n) is 22.9. The second-order valence-electron chi connectivity index (χ2n) is 17.2. The first kappa shape index (κ1) is 39.2. The fraction of sp³-hybridized carbons (Fsp3) is 0. The van der Waals surface area contributed by atoms with Gasteiger partial charge in [0.05, 0.1) is 16.4 Å². The van der Waals surface area contributed by atoms with Gasteiger partial charge in [0.2, 0.25) is 0 Å². The van der Waals surface area contributed by atoms with Crippen molar-refractivity contribution in [3.05, 3.63) is 243 Å². The number of benzene rings is 10. The molecule has 0 spiro atoms. The van der Waals surface area contributed by atoms with E-state index < -0.39 is 0 Å². The molecule has 5 heteroatoms. The van der Waals surface area contributed by atoms with Crippen LogP contribution in [0.3, 0.4) is 0 Å². The molecule has 0 aliphatic carbocycles. The summed E-state index contributed by atoms with van der Waals surface area (Å²) in [5.41, 5.74) is 16.8. The largest absolute Gasteiger partial charge is 0.456 e. The molecule has 0 radical (unpaired) electrons. The van der Waals surface area contributed by atoms with Crippen LogP contribution in [0, 0.1) is 0 Å². The van der Waals surface area contributed by atoms with Gasteiger partial charge in [0, 0.05) is 38.5 Å². The quantitative estimate of drug-likeness (QED) is 0.153. The van der Waals surface area contributed by atoms with Gasteiger partial charge in [-0.3, -0.25) is 0 Å². The van der Waals surface area contributed by atoms with Gasteiger partial charge in [0.25, 0.3) is 0 Å². The van der Waals surface area contributed by atoms with Crippen molar-refractivity contribution in [3.63, 3.8) is 0 Å². The Labute approximate surface area is 392 Å². The Morgan fingerprint density at radius 2 is 0.691 bits per heavy atom. The number of furan rings is 1. The zero-order valence-corrected chi connectivity index (χ0v) is 36.8. The molecule has 0 saturated carbocycles. The molecule has 3 aromatic heterocycles. The number of fused-ring (bicyclic) bond motifs is 7. The molecular formula is C63H40N4O. The lowest BCUT2D eigenvalue weighted by molar-refractivity contribution is 0.669. The van der Waals surface area contributed by atoms with Crippen molar-refractivity contribution in [1.82, 2.24) is 19.5 Å². The van der Waals surface area contributed by atoms with Crippen LogP contribution < -0.4 is 0 Å². The molecule has 68 heavy (non-hydrogen) atoms. The molecule has 0 N–H and O–H groups in total. The first-order chi connectivity index (χ1) is 33.7.